The monoisotopic (exact) mass is 289 g/mol. The fraction of sp³-hybridized carbons (Fsp3) is 0.200. The van der Waals surface area contributed by atoms with Crippen LogP contribution in [0.3, 0.4) is 0 Å². The van der Waals surface area contributed by atoms with Gasteiger partial charge in [-0.25, -0.2) is 0 Å². The number of nitrogens with zero attached hydrogens (tertiary/aromatic N) is 1. The highest BCUT2D eigenvalue weighted by Crippen LogP contribution is 2.22. The highest BCUT2D eigenvalue weighted by atomic mass is 35.5. The number of hydrogen-bond donors (Lipinski definition) is 2. The van der Waals surface area contributed by atoms with Crippen LogP contribution in [-0.2, 0) is 0 Å². The number of carbonyl (C=O) groups is 1. The summed E-state index contributed by atoms with van der Waals surface area (Å²) in [6, 6.07) is 7.07. The summed E-state index contributed by atoms with van der Waals surface area (Å²) < 4.78 is 0. The average Bonchev–Trinajstić information content (AvgIpc) is 2.41. The van der Waals surface area contributed by atoms with Crippen LogP contribution in [0.5, 0.6) is 0 Å². The maximum absolute atomic E-state index is 12.3. The minimum atomic E-state index is -0.212. The predicted molar refractivity (Wildman–Crippen MR) is 82.5 cm³/mol. The lowest BCUT2D eigenvalue weighted by molar-refractivity contribution is 0.102. The normalized spacial score (nSPS) is 10.2. The third kappa shape index (κ3) is 3.48. The minimum absolute atomic E-state index is 0.212. The number of aromatic nitrogens is 1. The molecule has 0 bridgehead atoms. The Balaban J connectivity index is 2.26. The third-order valence-corrected chi connectivity index (χ3v) is 2.96. The number of aryl methyl sites for hydroxylation is 1. The van der Waals surface area contributed by atoms with Crippen LogP contribution in [0.2, 0.25) is 5.02 Å². The number of halogens is 1. The predicted octanol–water partition coefficient (Wildman–Crippen LogP) is 3.73. The van der Waals surface area contributed by atoms with Gasteiger partial charge in [0.05, 0.1) is 17.4 Å². The van der Waals surface area contributed by atoms with Crippen LogP contribution in [0.15, 0.2) is 36.7 Å². The van der Waals surface area contributed by atoms with Crippen molar-refractivity contribution in [2.45, 2.75) is 13.8 Å². The van der Waals surface area contributed by atoms with Crippen molar-refractivity contribution in [2.24, 2.45) is 0 Å². The molecule has 1 aromatic carbocycles. The molecule has 4 nitrogen and oxygen atoms in total. The zero-order chi connectivity index (χ0) is 14.5. The van der Waals surface area contributed by atoms with Gasteiger partial charge in [0.25, 0.3) is 5.91 Å². The molecule has 0 aliphatic heterocycles. The first kappa shape index (κ1) is 14.3. The Labute approximate surface area is 123 Å². The van der Waals surface area contributed by atoms with Crippen molar-refractivity contribution >= 4 is 28.9 Å². The first-order chi connectivity index (χ1) is 9.60. The van der Waals surface area contributed by atoms with E-state index >= 15 is 0 Å². The Kier molecular flexibility index (Phi) is 4.58. The molecular weight excluding hydrogens is 274 g/mol. The number of nitrogens with one attached hydrogen (secondary N) is 2. The van der Waals surface area contributed by atoms with E-state index in [9.17, 15) is 4.79 Å². The molecule has 0 spiro atoms. The highest BCUT2D eigenvalue weighted by molar-refractivity contribution is 6.31. The molecule has 0 unspecified atom stereocenters. The van der Waals surface area contributed by atoms with Crippen molar-refractivity contribution in [1.82, 2.24) is 4.98 Å². The SMILES string of the molecule is CCNc1ccc(Cl)cc1C(=O)Nc1cncc(C)c1. The van der Waals surface area contributed by atoms with E-state index < -0.39 is 0 Å². The summed E-state index contributed by atoms with van der Waals surface area (Å²) in [5.74, 6) is -0.212. The zero-order valence-corrected chi connectivity index (χ0v) is 12.2. The number of rotatable bonds is 4. The summed E-state index contributed by atoms with van der Waals surface area (Å²) in [7, 11) is 0. The summed E-state index contributed by atoms with van der Waals surface area (Å²) in [5.41, 5.74) is 2.93. The van der Waals surface area contributed by atoms with E-state index in [-0.39, 0.29) is 5.91 Å². The summed E-state index contributed by atoms with van der Waals surface area (Å²) >= 11 is 5.97. The van der Waals surface area contributed by atoms with Gasteiger partial charge in [-0.2, -0.15) is 0 Å². The number of carbonyl (C=O) groups excluding carboxylic acids is 1. The first-order valence-electron chi connectivity index (χ1n) is 6.36. The standard InChI is InChI=1S/C15H16ClN3O/c1-3-18-14-5-4-11(16)7-13(14)15(20)19-12-6-10(2)8-17-9-12/h4-9,18H,3H2,1-2H3,(H,19,20). The molecule has 0 aliphatic carbocycles. The van der Waals surface area contributed by atoms with Crippen molar-refractivity contribution in [3.63, 3.8) is 0 Å². The molecule has 0 atom stereocenters. The van der Waals surface area contributed by atoms with Gasteiger partial charge >= 0.3 is 0 Å². The maximum atomic E-state index is 12.3. The number of pyridine rings is 1. The quantitative estimate of drug-likeness (QED) is 0.902. The van der Waals surface area contributed by atoms with Crippen LogP contribution in [0.25, 0.3) is 0 Å². The fourth-order valence-corrected chi connectivity index (χ4v) is 2.04. The van der Waals surface area contributed by atoms with Crippen LogP contribution in [0, 0.1) is 6.92 Å². The van der Waals surface area contributed by atoms with Crippen LogP contribution in [-0.4, -0.2) is 17.4 Å². The first-order valence-corrected chi connectivity index (χ1v) is 6.74. The molecule has 104 valence electrons. The van der Waals surface area contributed by atoms with E-state index in [1.165, 1.54) is 0 Å². The highest BCUT2D eigenvalue weighted by Gasteiger charge is 2.12. The smallest absolute Gasteiger partial charge is 0.257 e. The Morgan fingerprint density at radius 3 is 2.80 bits per heavy atom. The van der Waals surface area contributed by atoms with Crippen LogP contribution >= 0.6 is 11.6 Å². The molecule has 0 saturated carbocycles. The second kappa shape index (κ2) is 6.39. The Morgan fingerprint density at radius 1 is 1.30 bits per heavy atom. The lowest BCUT2D eigenvalue weighted by Gasteiger charge is -2.11. The van der Waals surface area contributed by atoms with Crippen molar-refractivity contribution < 1.29 is 4.79 Å². The lowest BCUT2D eigenvalue weighted by atomic mass is 10.1. The zero-order valence-electron chi connectivity index (χ0n) is 11.4. The van der Waals surface area contributed by atoms with Crippen molar-refractivity contribution in [3.8, 4) is 0 Å². The van der Waals surface area contributed by atoms with Crippen molar-refractivity contribution in [1.29, 1.82) is 0 Å². The molecule has 1 aromatic heterocycles. The summed E-state index contributed by atoms with van der Waals surface area (Å²) in [5, 5.41) is 6.50. The molecule has 2 aromatic rings. The molecule has 0 radical (unpaired) electrons. The largest absolute Gasteiger partial charge is 0.385 e. The second-order valence-corrected chi connectivity index (χ2v) is 4.86. The molecule has 0 fully saturated rings. The van der Waals surface area contributed by atoms with Crippen LogP contribution < -0.4 is 10.6 Å². The number of hydrogen-bond acceptors (Lipinski definition) is 3. The average molecular weight is 290 g/mol. The molecular formula is C15H16ClN3O. The van der Waals surface area contributed by atoms with Crippen molar-refractivity contribution in [2.75, 3.05) is 17.2 Å². The van der Waals surface area contributed by atoms with Gasteiger partial charge in [-0.3, -0.25) is 9.78 Å². The number of anilines is 2. The minimum Gasteiger partial charge on any atom is -0.385 e. The van der Waals surface area contributed by atoms with Crippen LogP contribution in [0.4, 0.5) is 11.4 Å². The van der Waals surface area contributed by atoms with Gasteiger partial charge in [-0.15, -0.1) is 0 Å². The van der Waals surface area contributed by atoms with E-state index in [0.717, 1.165) is 17.8 Å². The summed E-state index contributed by atoms with van der Waals surface area (Å²) in [6.07, 6.45) is 3.35. The van der Waals surface area contributed by atoms with Crippen LogP contribution in [0.1, 0.15) is 22.8 Å². The van der Waals surface area contributed by atoms with Crippen molar-refractivity contribution in [3.05, 3.63) is 52.8 Å². The van der Waals surface area contributed by atoms with Gasteiger partial charge in [0.1, 0.15) is 0 Å². The lowest BCUT2D eigenvalue weighted by Crippen LogP contribution is -2.15. The van der Waals surface area contributed by atoms with E-state index in [4.69, 9.17) is 11.6 Å². The maximum Gasteiger partial charge on any atom is 0.257 e. The van der Waals surface area contributed by atoms with E-state index in [1.54, 1.807) is 30.6 Å². The van der Waals surface area contributed by atoms with Gasteiger partial charge in [0, 0.05) is 23.5 Å². The van der Waals surface area contributed by atoms with Gasteiger partial charge in [-0.05, 0) is 43.7 Å². The molecule has 2 N–H and O–H groups in total. The summed E-state index contributed by atoms with van der Waals surface area (Å²) in [4.78, 5) is 16.4. The van der Waals surface area contributed by atoms with Gasteiger partial charge in [0.15, 0.2) is 0 Å². The number of benzene rings is 1. The molecule has 20 heavy (non-hydrogen) atoms. The topological polar surface area (TPSA) is 54.0 Å². The Hall–Kier alpha value is -2.07. The fourth-order valence-electron chi connectivity index (χ4n) is 1.87. The Morgan fingerprint density at radius 2 is 2.10 bits per heavy atom. The molecule has 0 aliphatic rings. The molecule has 2 rings (SSSR count). The number of amides is 1. The molecule has 5 heteroatoms. The van der Waals surface area contributed by atoms with Gasteiger partial charge in [-0.1, -0.05) is 11.6 Å². The molecule has 0 saturated heterocycles. The van der Waals surface area contributed by atoms with E-state index in [0.29, 0.717) is 16.3 Å². The van der Waals surface area contributed by atoms with E-state index in [1.807, 2.05) is 19.9 Å². The second-order valence-electron chi connectivity index (χ2n) is 4.43. The molecule has 1 amide bonds. The van der Waals surface area contributed by atoms with E-state index in [2.05, 4.69) is 15.6 Å². The molecule has 1 heterocycles. The third-order valence-electron chi connectivity index (χ3n) is 2.73. The van der Waals surface area contributed by atoms with Gasteiger partial charge < -0.3 is 10.6 Å². The van der Waals surface area contributed by atoms with Gasteiger partial charge in [0.2, 0.25) is 0 Å². The Bertz CT molecular complexity index is 628. The summed E-state index contributed by atoms with van der Waals surface area (Å²) in [6.45, 7) is 4.63.